The molecule has 5 heteroatoms. The van der Waals surface area contributed by atoms with Crippen LogP contribution in [-0.2, 0) is 15.1 Å². The maximum absolute atomic E-state index is 11.6. The number of imidazole rings is 1. The average molecular weight is 297 g/mol. The van der Waals surface area contributed by atoms with Gasteiger partial charge in [-0.05, 0) is 31.9 Å². The molecule has 0 aliphatic carbocycles. The van der Waals surface area contributed by atoms with Crippen LogP contribution in [0.5, 0.6) is 0 Å². The van der Waals surface area contributed by atoms with Crippen LogP contribution in [0.25, 0.3) is 0 Å². The molecule has 0 radical (unpaired) electrons. The summed E-state index contributed by atoms with van der Waals surface area (Å²) in [6.45, 7) is 7.00. The van der Waals surface area contributed by atoms with Crippen LogP contribution in [0.4, 0.5) is 0 Å². The van der Waals surface area contributed by atoms with Crippen LogP contribution in [0.3, 0.4) is 0 Å². The average Bonchev–Trinajstić information content (AvgIpc) is 2.99. The maximum Gasteiger partial charge on any atom is 0.303 e. The van der Waals surface area contributed by atoms with E-state index in [1.165, 1.54) is 6.92 Å². The number of nitrogens with zero attached hydrogens (tertiary/aromatic N) is 3. The van der Waals surface area contributed by atoms with Gasteiger partial charge in [0.15, 0.2) is 11.6 Å². The Morgan fingerprint density at radius 2 is 2.05 bits per heavy atom. The highest BCUT2D eigenvalue weighted by Gasteiger charge is 2.41. The van der Waals surface area contributed by atoms with Gasteiger partial charge in [-0.3, -0.25) is 4.79 Å². The predicted molar refractivity (Wildman–Crippen MR) is 81.9 cm³/mol. The first kappa shape index (κ1) is 15.8. The zero-order chi connectivity index (χ0) is 16.3. The van der Waals surface area contributed by atoms with Crippen LogP contribution in [-0.4, -0.2) is 15.5 Å². The SMILES string of the molecule is CC(=O)OC(c1c(C)cccc1C)C(C)(C#N)n1ccnc1. The Hall–Kier alpha value is -2.61. The third-order valence-corrected chi connectivity index (χ3v) is 3.87. The first-order valence-electron chi connectivity index (χ1n) is 7.03. The van der Waals surface area contributed by atoms with Gasteiger partial charge in [-0.15, -0.1) is 0 Å². The van der Waals surface area contributed by atoms with Crippen molar-refractivity contribution in [1.82, 2.24) is 9.55 Å². The molecule has 0 aliphatic heterocycles. The number of rotatable bonds is 4. The van der Waals surface area contributed by atoms with Gasteiger partial charge < -0.3 is 9.30 Å². The molecule has 0 saturated carbocycles. The van der Waals surface area contributed by atoms with Crippen LogP contribution in [0.1, 0.15) is 36.6 Å². The van der Waals surface area contributed by atoms with Crippen molar-refractivity contribution in [3.63, 3.8) is 0 Å². The summed E-state index contributed by atoms with van der Waals surface area (Å²) in [4.78, 5) is 15.6. The lowest BCUT2D eigenvalue weighted by atomic mass is 9.85. The van der Waals surface area contributed by atoms with E-state index in [-0.39, 0.29) is 0 Å². The summed E-state index contributed by atoms with van der Waals surface area (Å²) in [5.74, 6) is -0.422. The van der Waals surface area contributed by atoms with E-state index in [1.54, 1.807) is 30.2 Å². The highest BCUT2D eigenvalue weighted by Crippen LogP contribution is 2.38. The van der Waals surface area contributed by atoms with Crippen LogP contribution in [0.2, 0.25) is 0 Å². The molecule has 2 rings (SSSR count). The normalized spacial score (nSPS) is 14.7. The van der Waals surface area contributed by atoms with E-state index < -0.39 is 17.6 Å². The highest BCUT2D eigenvalue weighted by molar-refractivity contribution is 5.66. The van der Waals surface area contributed by atoms with Gasteiger partial charge in [-0.2, -0.15) is 5.26 Å². The molecule has 0 amide bonds. The van der Waals surface area contributed by atoms with Crippen molar-refractivity contribution in [2.45, 2.75) is 39.3 Å². The van der Waals surface area contributed by atoms with E-state index in [0.717, 1.165) is 16.7 Å². The first-order chi connectivity index (χ1) is 10.4. The fourth-order valence-electron chi connectivity index (χ4n) is 2.65. The first-order valence-corrected chi connectivity index (χ1v) is 7.03. The molecule has 0 fully saturated rings. The second-order valence-electron chi connectivity index (χ2n) is 5.52. The smallest absolute Gasteiger partial charge is 0.303 e. The monoisotopic (exact) mass is 297 g/mol. The van der Waals surface area contributed by atoms with Crippen LogP contribution < -0.4 is 0 Å². The lowest BCUT2D eigenvalue weighted by molar-refractivity contribution is -0.151. The molecular formula is C17H19N3O2. The lowest BCUT2D eigenvalue weighted by Crippen LogP contribution is -2.38. The van der Waals surface area contributed by atoms with Crippen molar-refractivity contribution in [2.24, 2.45) is 0 Å². The molecule has 2 atom stereocenters. The van der Waals surface area contributed by atoms with E-state index in [9.17, 15) is 10.1 Å². The van der Waals surface area contributed by atoms with Crippen molar-refractivity contribution >= 4 is 5.97 Å². The summed E-state index contributed by atoms with van der Waals surface area (Å²) < 4.78 is 7.24. The van der Waals surface area contributed by atoms with Crippen molar-refractivity contribution in [3.8, 4) is 6.07 Å². The molecule has 0 spiro atoms. The Morgan fingerprint density at radius 1 is 1.41 bits per heavy atom. The second-order valence-corrected chi connectivity index (χ2v) is 5.52. The summed E-state index contributed by atoms with van der Waals surface area (Å²) in [5, 5.41) is 9.79. The molecule has 2 unspecified atom stereocenters. The number of aryl methyl sites for hydroxylation is 2. The minimum Gasteiger partial charge on any atom is -0.454 e. The topological polar surface area (TPSA) is 67.9 Å². The fourth-order valence-corrected chi connectivity index (χ4v) is 2.65. The Balaban J connectivity index is 2.65. The molecule has 1 aromatic heterocycles. The van der Waals surface area contributed by atoms with Gasteiger partial charge in [0, 0.05) is 24.9 Å². The number of hydrogen-bond acceptors (Lipinski definition) is 4. The van der Waals surface area contributed by atoms with Crippen molar-refractivity contribution in [1.29, 1.82) is 5.26 Å². The third-order valence-electron chi connectivity index (χ3n) is 3.87. The molecule has 0 saturated heterocycles. The molecule has 1 aromatic carbocycles. The molecule has 0 bridgehead atoms. The van der Waals surface area contributed by atoms with Gasteiger partial charge in [-0.25, -0.2) is 4.98 Å². The molecule has 5 nitrogen and oxygen atoms in total. The summed E-state index contributed by atoms with van der Waals surface area (Å²) in [6.07, 6.45) is 4.15. The van der Waals surface area contributed by atoms with Gasteiger partial charge in [0.1, 0.15) is 0 Å². The molecule has 22 heavy (non-hydrogen) atoms. The molecule has 0 aliphatic rings. The predicted octanol–water partition coefficient (Wildman–Crippen LogP) is 3.04. The molecule has 114 valence electrons. The largest absolute Gasteiger partial charge is 0.454 e. The van der Waals surface area contributed by atoms with Crippen molar-refractivity contribution in [3.05, 3.63) is 53.6 Å². The van der Waals surface area contributed by atoms with E-state index in [4.69, 9.17) is 4.74 Å². The maximum atomic E-state index is 11.6. The minimum absolute atomic E-state index is 0.422. The highest BCUT2D eigenvalue weighted by atomic mass is 16.5. The fraction of sp³-hybridized carbons (Fsp3) is 0.353. The summed E-state index contributed by atoms with van der Waals surface area (Å²) in [6, 6.07) is 8.13. The second kappa shape index (κ2) is 6.02. The number of carbonyl (C=O) groups is 1. The van der Waals surface area contributed by atoms with Crippen molar-refractivity contribution < 1.29 is 9.53 Å². The zero-order valence-corrected chi connectivity index (χ0v) is 13.2. The zero-order valence-electron chi connectivity index (χ0n) is 13.2. The van der Waals surface area contributed by atoms with E-state index in [2.05, 4.69) is 11.1 Å². The van der Waals surface area contributed by atoms with Gasteiger partial charge in [0.25, 0.3) is 0 Å². The number of benzene rings is 1. The Morgan fingerprint density at radius 3 is 2.50 bits per heavy atom. The Labute approximate surface area is 130 Å². The number of esters is 1. The summed E-state index contributed by atoms with van der Waals surface area (Å²) in [5.41, 5.74) is 1.73. The number of ether oxygens (including phenoxy) is 1. The molecule has 0 N–H and O–H groups in total. The standard InChI is InChI=1S/C17H19N3O2/c1-12-6-5-7-13(2)15(12)16(22-14(3)21)17(4,10-18)20-9-8-19-11-20/h5-9,11,16H,1-4H3. The number of aromatic nitrogens is 2. The van der Waals surface area contributed by atoms with E-state index in [1.807, 2.05) is 32.0 Å². The number of carbonyl (C=O) groups excluding carboxylic acids is 1. The minimum atomic E-state index is -1.08. The molecular weight excluding hydrogens is 278 g/mol. The van der Waals surface area contributed by atoms with Gasteiger partial charge >= 0.3 is 5.97 Å². The Bertz CT molecular complexity index is 696. The number of hydrogen-bond donors (Lipinski definition) is 0. The van der Waals surface area contributed by atoms with E-state index in [0.29, 0.717) is 0 Å². The quantitative estimate of drug-likeness (QED) is 0.813. The van der Waals surface area contributed by atoms with Gasteiger partial charge in [-0.1, -0.05) is 18.2 Å². The van der Waals surface area contributed by atoms with Gasteiger partial charge in [0.2, 0.25) is 0 Å². The molecule has 2 aromatic rings. The summed E-state index contributed by atoms with van der Waals surface area (Å²) >= 11 is 0. The van der Waals surface area contributed by atoms with E-state index >= 15 is 0 Å². The third kappa shape index (κ3) is 2.73. The number of nitriles is 1. The van der Waals surface area contributed by atoms with Crippen LogP contribution in [0, 0.1) is 25.2 Å². The summed E-state index contributed by atoms with van der Waals surface area (Å²) in [7, 11) is 0. The Kier molecular flexibility index (Phi) is 4.32. The van der Waals surface area contributed by atoms with Crippen LogP contribution >= 0.6 is 0 Å². The van der Waals surface area contributed by atoms with Crippen LogP contribution in [0.15, 0.2) is 36.9 Å². The van der Waals surface area contributed by atoms with Gasteiger partial charge in [0.05, 0.1) is 12.4 Å². The lowest BCUT2D eigenvalue weighted by Gasteiger charge is -2.34. The molecule has 1 heterocycles. The van der Waals surface area contributed by atoms with Crippen molar-refractivity contribution in [2.75, 3.05) is 0 Å².